The first-order chi connectivity index (χ1) is 10.0. The Kier molecular flexibility index (Phi) is 3.86. The molecule has 6 nitrogen and oxygen atoms in total. The van der Waals surface area contributed by atoms with Gasteiger partial charge in [-0.25, -0.2) is 8.42 Å². The number of nitrogens with zero attached hydrogens (tertiary/aromatic N) is 2. The molecule has 0 bridgehead atoms. The van der Waals surface area contributed by atoms with Crippen molar-refractivity contribution < 1.29 is 12.8 Å². The number of oxazole rings is 1. The number of nitrogens with two attached hydrogens (primary N) is 1. The van der Waals surface area contributed by atoms with E-state index >= 15 is 0 Å². The molecule has 2 heterocycles. The minimum absolute atomic E-state index is 0.0613. The molecule has 0 atom stereocenters. The number of aromatic nitrogens is 1. The van der Waals surface area contributed by atoms with Crippen LogP contribution in [-0.2, 0) is 9.84 Å². The Morgan fingerprint density at radius 1 is 1.29 bits per heavy atom. The summed E-state index contributed by atoms with van der Waals surface area (Å²) in [4.78, 5) is 6.34. The number of nitrogen functional groups attached to an aromatic ring is 1. The van der Waals surface area contributed by atoms with Crippen LogP contribution in [0.3, 0.4) is 0 Å². The van der Waals surface area contributed by atoms with E-state index in [2.05, 4.69) is 9.88 Å². The summed E-state index contributed by atoms with van der Waals surface area (Å²) in [7, 11) is -3.47. The lowest BCUT2D eigenvalue weighted by Gasteiger charge is -2.13. The number of fused-ring (bicyclic) bond motifs is 1. The molecule has 114 valence electrons. The molecule has 1 aliphatic heterocycles. The van der Waals surface area contributed by atoms with Crippen molar-refractivity contribution in [1.29, 1.82) is 0 Å². The molecule has 21 heavy (non-hydrogen) atoms. The number of benzene rings is 1. The monoisotopic (exact) mass is 309 g/mol. The third-order valence-corrected chi connectivity index (χ3v) is 5.28. The van der Waals surface area contributed by atoms with E-state index in [4.69, 9.17) is 10.2 Å². The van der Waals surface area contributed by atoms with Gasteiger partial charge in [-0.05, 0) is 57.1 Å². The van der Waals surface area contributed by atoms with Gasteiger partial charge in [0, 0.05) is 5.69 Å². The van der Waals surface area contributed by atoms with Gasteiger partial charge >= 0.3 is 5.22 Å². The van der Waals surface area contributed by atoms with Crippen LogP contribution in [0.2, 0.25) is 0 Å². The summed E-state index contributed by atoms with van der Waals surface area (Å²) in [6.45, 7) is 2.96. The van der Waals surface area contributed by atoms with E-state index in [1.807, 2.05) is 0 Å². The summed E-state index contributed by atoms with van der Waals surface area (Å²) < 4.78 is 29.9. The van der Waals surface area contributed by atoms with E-state index < -0.39 is 9.84 Å². The highest BCUT2D eigenvalue weighted by Crippen LogP contribution is 2.22. The van der Waals surface area contributed by atoms with Gasteiger partial charge < -0.3 is 15.1 Å². The van der Waals surface area contributed by atoms with E-state index in [1.54, 1.807) is 18.2 Å². The zero-order valence-corrected chi connectivity index (χ0v) is 12.6. The Labute approximate surface area is 123 Å². The van der Waals surface area contributed by atoms with Crippen molar-refractivity contribution in [2.24, 2.45) is 0 Å². The molecule has 0 unspecified atom stereocenters. The summed E-state index contributed by atoms with van der Waals surface area (Å²) in [5.41, 5.74) is 7.12. The molecule has 1 fully saturated rings. The van der Waals surface area contributed by atoms with Crippen LogP contribution in [0.1, 0.15) is 19.3 Å². The fourth-order valence-corrected chi connectivity index (χ4v) is 3.77. The smallest absolute Gasteiger partial charge is 0.316 e. The zero-order chi connectivity index (χ0) is 14.9. The van der Waals surface area contributed by atoms with Gasteiger partial charge in [0.1, 0.15) is 5.52 Å². The van der Waals surface area contributed by atoms with Crippen molar-refractivity contribution in [3.8, 4) is 0 Å². The molecule has 2 N–H and O–H groups in total. The highest BCUT2D eigenvalue weighted by molar-refractivity contribution is 7.91. The van der Waals surface area contributed by atoms with Gasteiger partial charge in [0.15, 0.2) is 5.58 Å². The van der Waals surface area contributed by atoms with Gasteiger partial charge in [-0.3, -0.25) is 0 Å². The molecule has 2 aromatic rings. The van der Waals surface area contributed by atoms with Crippen molar-refractivity contribution in [3.05, 3.63) is 18.2 Å². The summed E-state index contributed by atoms with van der Waals surface area (Å²) in [5.74, 6) is 0.0613. The molecule has 1 aromatic carbocycles. The fourth-order valence-electron chi connectivity index (χ4n) is 2.63. The molecule has 3 rings (SSSR count). The first kappa shape index (κ1) is 14.3. The molecule has 0 aliphatic carbocycles. The third-order valence-electron chi connectivity index (χ3n) is 3.74. The molecule has 0 amide bonds. The Bertz CT molecular complexity index is 733. The zero-order valence-electron chi connectivity index (χ0n) is 11.8. The lowest BCUT2D eigenvalue weighted by atomic mass is 10.3. The molecule has 1 saturated heterocycles. The SMILES string of the molecule is Nc1ccc2oc(S(=O)(=O)CCCN3CCCC3)nc2c1. The molecule has 0 spiro atoms. The fraction of sp³-hybridized carbons (Fsp3) is 0.500. The molecule has 1 aromatic heterocycles. The summed E-state index contributed by atoms with van der Waals surface area (Å²) in [5, 5.41) is -0.204. The number of rotatable bonds is 5. The highest BCUT2D eigenvalue weighted by atomic mass is 32.2. The maximum Gasteiger partial charge on any atom is 0.316 e. The standard InChI is InChI=1S/C14H19N3O3S/c15-11-4-5-13-12(10-11)16-14(20-13)21(18,19)9-3-8-17-6-1-2-7-17/h4-5,10H,1-3,6-9,15H2. The largest absolute Gasteiger partial charge is 0.428 e. The van der Waals surface area contributed by atoms with Crippen molar-refractivity contribution in [2.75, 3.05) is 31.1 Å². The van der Waals surface area contributed by atoms with Crippen LogP contribution < -0.4 is 5.73 Å². The molecular weight excluding hydrogens is 290 g/mol. The van der Waals surface area contributed by atoms with Gasteiger partial charge in [0.05, 0.1) is 5.75 Å². The van der Waals surface area contributed by atoms with Crippen LogP contribution in [0.4, 0.5) is 5.69 Å². The number of sulfone groups is 1. The van der Waals surface area contributed by atoms with E-state index in [-0.39, 0.29) is 11.0 Å². The summed E-state index contributed by atoms with van der Waals surface area (Å²) >= 11 is 0. The van der Waals surface area contributed by atoms with Gasteiger partial charge in [-0.15, -0.1) is 0 Å². The number of hydrogen-bond acceptors (Lipinski definition) is 6. The first-order valence-corrected chi connectivity index (χ1v) is 8.81. The maximum atomic E-state index is 12.3. The van der Waals surface area contributed by atoms with Gasteiger partial charge in [0.25, 0.3) is 0 Å². The Morgan fingerprint density at radius 2 is 2.05 bits per heavy atom. The minimum Gasteiger partial charge on any atom is -0.428 e. The molecule has 7 heteroatoms. The average molecular weight is 309 g/mol. The molecule has 0 radical (unpaired) electrons. The third kappa shape index (κ3) is 3.19. The normalized spacial score (nSPS) is 16.8. The van der Waals surface area contributed by atoms with Crippen molar-refractivity contribution in [2.45, 2.75) is 24.5 Å². The molecular formula is C14H19N3O3S. The Morgan fingerprint density at radius 3 is 2.81 bits per heavy atom. The number of likely N-dealkylation sites (tertiary alicyclic amines) is 1. The maximum absolute atomic E-state index is 12.3. The van der Waals surface area contributed by atoms with Crippen LogP contribution in [0.15, 0.2) is 27.8 Å². The second kappa shape index (κ2) is 5.65. The van der Waals surface area contributed by atoms with E-state index in [9.17, 15) is 8.42 Å². The molecule has 0 saturated carbocycles. The topological polar surface area (TPSA) is 89.4 Å². The van der Waals surface area contributed by atoms with E-state index in [0.29, 0.717) is 23.2 Å². The van der Waals surface area contributed by atoms with Crippen LogP contribution in [0.5, 0.6) is 0 Å². The minimum atomic E-state index is -3.47. The quantitative estimate of drug-likeness (QED) is 0.845. The van der Waals surface area contributed by atoms with E-state index in [1.165, 1.54) is 12.8 Å². The lowest BCUT2D eigenvalue weighted by molar-refractivity contribution is 0.339. The molecule has 1 aliphatic rings. The summed E-state index contributed by atoms with van der Waals surface area (Å²) in [6, 6.07) is 4.92. The van der Waals surface area contributed by atoms with Crippen LogP contribution in [0.25, 0.3) is 11.1 Å². The highest BCUT2D eigenvalue weighted by Gasteiger charge is 2.22. The second-order valence-corrected chi connectivity index (χ2v) is 7.42. The average Bonchev–Trinajstić information content (AvgIpc) is 3.06. The van der Waals surface area contributed by atoms with Crippen LogP contribution in [0, 0.1) is 0 Å². The van der Waals surface area contributed by atoms with Crippen molar-refractivity contribution >= 4 is 26.6 Å². The van der Waals surface area contributed by atoms with Crippen molar-refractivity contribution in [1.82, 2.24) is 9.88 Å². The second-order valence-electron chi connectivity index (χ2n) is 5.43. The van der Waals surface area contributed by atoms with Crippen molar-refractivity contribution in [3.63, 3.8) is 0 Å². The predicted molar refractivity (Wildman–Crippen MR) is 80.8 cm³/mol. The van der Waals surface area contributed by atoms with E-state index in [0.717, 1.165) is 19.6 Å². The predicted octanol–water partition coefficient (Wildman–Crippen LogP) is 1.67. The van der Waals surface area contributed by atoms with Gasteiger partial charge in [-0.2, -0.15) is 4.98 Å². The lowest BCUT2D eigenvalue weighted by Crippen LogP contribution is -2.22. The Balaban J connectivity index is 1.70. The summed E-state index contributed by atoms with van der Waals surface area (Å²) in [6.07, 6.45) is 3.02. The first-order valence-electron chi connectivity index (χ1n) is 7.16. The Hall–Kier alpha value is -1.60. The van der Waals surface area contributed by atoms with Crippen LogP contribution >= 0.6 is 0 Å². The number of hydrogen-bond donors (Lipinski definition) is 1. The van der Waals surface area contributed by atoms with Gasteiger partial charge in [0.2, 0.25) is 9.84 Å². The van der Waals surface area contributed by atoms with Crippen LogP contribution in [-0.4, -0.2) is 43.7 Å². The van der Waals surface area contributed by atoms with Gasteiger partial charge in [-0.1, -0.05) is 0 Å². The number of anilines is 1.